The zero-order valence-electron chi connectivity index (χ0n) is 8.22. The molecule has 0 heterocycles. The van der Waals surface area contributed by atoms with E-state index in [4.69, 9.17) is 0 Å². The van der Waals surface area contributed by atoms with E-state index < -0.39 is 0 Å². The van der Waals surface area contributed by atoms with Gasteiger partial charge in [-0.15, -0.1) is 0 Å². The van der Waals surface area contributed by atoms with Gasteiger partial charge in [0.05, 0.1) is 0 Å². The molecule has 2 rings (SSSR count). The Morgan fingerprint density at radius 2 is 2.23 bits per heavy atom. The van der Waals surface area contributed by atoms with Crippen molar-refractivity contribution in [3.8, 4) is 0 Å². The molecule has 0 unspecified atom stereocenters. The van der Waals surface area contributed by atoms with Crippen LogP contribution in [0.1, 0.15) is 42.4 Å². The Balaban J connectivity index is 2.50. The minimum Gasteiger partial charge on any atom is -0.0985 e. The minimum atomic E-state index is 0.837. The zero-order valence-corrected chi connectivity index (χ0v) is 8.22. The predicted octanol–water partition coefficient (Wildman–Crippen LogP) is 3.77. The van der Waals surface area contributed by atoms with Crippen LogP contribution in [0.15, 0.2) is 24.8 Å². The van der Waals surface area contributed by atoms with E-state index in [2.05, 4.69) is 31.7 Å². The maximum absolute atomic E-state index is 3.88. The fourth-order valence-electron chi connectivity index (χ4n) is 1.99. The lowest BCUT2D eigenvalue weighted by Gasteiger charge is -2.09. The Hall–Kier alpha value is -1.04. The van der Waals surface area contributed by atoms with E-state index in [1.54, 1.807) is 5.56 Å². The molecule has 0 aromatic heterocycles. The van der Waals surface area contributed by atoms with Gasteiger partial charge >= 0.3 is 0 Å². The standard InChI is InChI=1S/C13H16/c1-3-10-6-5-7-11(4-2)13(10)12-8-9-12/h3,5-7,12H,1,4,8-9H2,2H3. The van der Waals surface area contributed by atoms with Crippen LogP contribution >= 0.6 is 0 Å². The van der Waals surface area contributed by atoms with E-state index in [9.17, 15) is 0 Å². The molecule has 0 N–H and O–H groups in total. The smallest absolute Gasteiger partial charge is 0.0153 e. The van der Waals surface area contributed by atoms with Gasteiger partial charge < -0.3 is 0 Å². The van der Waals surface area contributed by atoms with Gasteiger partial charge in [-0.1, -0.05) is 37.8 Å². The van der Waals surface area contributed by atoms with Crippen LogP contribution in [0.2, 0.25) is 0 Å². The van der Waals surface area contributed by atoms with Crippen molar-refractivity contribution in [1.82, 2.24) is 0 Å². The average Bonchev–Trinajstić information content (AvgIpc) is 3.00. The number of aryl methyl sites for hydroxylation is 1. The second-order valence-corrected chi connectivity index (χ2v) is 3.75. The third kappa shape index (κ3) is 1.53. The second-order valence-electron chi connectivity index (χ2n) is 3.75. The highest BCUT2D eigenvalue weighted by Gasteiger charge is 2.27. The lowest BCUT2D eigenvalue weighted by Crippen LogP contribution is -1.93. The number of benzene rings is 1. The van der Waals surface area contributed by atoms with Crippen molar-refractivity contribution < 1.29 is 0 Å². The monoisotopic (exact) mass is 172 g/mol. The van der Waals surface area contributed by atoms with Crippen LogP contribution in [-0.2, 0) is 6.42 Å². The molecular formula is C13H16. The molecule has 0 amide bonds. The van der Waals surface area contributed by atoms with Crippen molar-refractivity contribution in [2.75, 3.05) is 0 Å². The Kier molecular flexibility index (Phi) is 2.22. The second kappa shape index (κ2) is 3.37. The maximum Gasteiger partial charge on any atom is -0.0153 e. The van der Waals surface area contributed by atoms with Gasteiger partial charge in [0.2, 0.25) is 0 Å². The van der Waals surface area contributed by atoms with E-state index in [0.29, 0.717) is 0 Å². The summed E-state index contributed by atoms with van der Waals surface area (Å²) in [5.74, 6) is 0.837. The first-order chi connectivity index (χ1) is 6.36. The van der Waals surface area contributed by atoms with E-state index in [1.165, 1.54) is 24.0 Å². The van der Waals surface area contributed by atoms with Gasteiger partial charge in [-0.05, 0) is 41.9 Å². The third-order valence-corrected chi connectivity index (χ3v) is 2.82. The van der Waals surface area contributed by atoms with Gasteiger partial charge in [-0.2, -0.15) is 0 Å². The van der Waals surface area contributed by atoms with Crippen LogP contribution in [-0.4, -0.2) is 0 Å². The molecule has 0 radical (unpaired) electrons. The van der Waals surface area contributed by atoms with Gasteiger partial charge in [-0.25, -0.2) is 0 Å². The predicted molar refractivity (Wildman–Crippen MR) is 57.9 cm³/mol. The Bertz CT molecular complexity index is 319. The summed E-state index contributed by atoms with van der Waals surface area (Å²) in [4.78, 5) is 0. The van der Waals surface area contributed by atoms with Crippen molar-refractivity contribution in [1.29, 1.82) is 0 Å². The molecule has 0 saturated heterocycles. The summed E-state index contributed by atoms with van der Waals surface area (Å²) >= 11 is 0. The van der Waals surface area contributed by atoms with Crippen LogP contribution in [0.4, 0.5) is 0 Å². The van der Waals surface area contributed by atoms with Gasteiger partial charge in [0.1, 0.15) is 0 Å². The highest BCUT2D eigenvalue weighted by molar-refractivity contribution is 5.56. The molecule has 0 nitrogen and oxygen atoms in total. The van der Waals surface area contributed by atoms with E-state index >= 15 is 0 Å². The van der Waals surface area contributed by atoms with Gasteiger partial charge in [-0.3, -0.25) is 0 Å². The van der Waals surface area contributed by atoms with Crippen molar-refractivity contribution in [3.05, 3.63) is 41.5 Å². The molecule has 1 aliphatic carbocycles. The summed E-state index contributed by atoms with van der Waals surface area (Å²) < 4.78 is 0. The molecule has 0 spiro atoms. The molecule has 1 saturated carbocycles. The van der Waals surface area contributed by atoms with Crippen LogP contribution in [0.5, 0.6) is 0 Å². The van der Waals surface area contributed by atoms with E-state index in [-0.39, 0.29) is 0 Å². The lowest BCUT2D eigenvalue weighted by atomic mass is 9.95. The molecule has 1 fully saturated rings. The van der Waals surface area contributed by atoms with Crippen LogP contribution in [0.3, 0.4) is 0 Å². The molecule has 0 atom stereocenters. The number of hydrogen-bond donors (Lipinski definition) is 0. The summed E-state index contributed by atoms with van der Waals surface area (Å²) in [6.45, 7) is 6.11. The third-order valence-electron chi connectivity index (χ3n) is 2.82. The maximum atomic E-state index is 3.88. The number of rotatable bonds is 3. The largest absolute Gasteiger partial charge is 0.0985 e. The van der Waals surface area contributed by atoms with Gasteiger partial charge in [0, 0.05) is 0 Å². The van der Waals surface area contributed by atoms with Gasteiger partial charge in [0.25, 0.3) is 0 Å². The average molecular weight is 172 g/mol. The highest BCUT2D eigenvalue weighted by atomic mass is 14.3. The summed E-state index contributed by atoms with van der Waals surface area (Å²) in [5.41, 5.74) is 4.43. The van der Waals surface area contributed by atoms with Crippen LogP contribution in [0.25, 0.3) is 6.08 Å². The molecular weight excluding hydrogens is 156 g/mol. The Labute approximate surface area is 80.3 Å². The Morgan fingerprint density at radius 3 is 2.77 bits per heavy atom. The Morgan fingerprint density at radius 1 is 1.46 bits per heavy atom. The molecule has 1 aromatic rings. The molecule has 1 aliphatic rings. The fraction of sp³-hybridized carbons (Fsp3) is 0.385. The first-order valence-corrected chi connectivity index (χ1v) is 5.11. The minimum absolute atomic E-state index is 0.837. The zero-order chi connectivity index (χ0) is 9.26. The van der Waals surface area contributed by atoms with Crippen molar-refractivity contribution in [2.24, 2.45) is 0 Å². The van der Waals surface area contributed by atoms with Crippen molar-refractivity contribution in [3.63, 3.8) is 0 Å². The SMILES string of the molecule is C=Cc1cccc(CC)c1C1CC1. The molecule has 0 aliphatic heterocycles. The first-order valence-electron chi connectivity index (χ1n) is 5.11. The van der Waals surface area contributed by atoms with Crippen molar-refractivity contribution >= 4 is 6.08 Å². The molecule has 68 valence electrons. The van der Waals surface area contributed by atoms with E-state index in [1.807, 2.05) is 6.08 Å². The summed E-state index contributed by atoms with van der Waals surface area (Å²) in [6.07, 6.45) is 5.88. The summed E-state index contributed by atoms with van der Waals surface area (Å²) in [7, 11) is 0. The normalized spacial score (nSPS) is 15.8. The summed E-state index contributed by atoms with van der Waals surface area (Å²) in [6, 6.07) is 6.57. The molecule has 0 bridgehead atoms. The molecule has 1 aromatic carbocycles. The lowest BCUT2D eigenvalue weighted by molar-refractivity contribution is 1.02. The van der Waals surface area contributed by atoms with E-state index in [0.717, 1.165) is 12.3 Å². The molecule has 0 heteroatoms. The highest BCUT2D eigenvalue weighted by Crippen LogP contribution is 2.43. The van der Waals surface area contributed by atoms with Crippen LogP contribution < -0.4 is 0 Å². The quantitative estimate of drug-likeness (QED) is 0.651. The van der Waals surface area contributed by atoms with Gasteiger partial charge in [0.15, 0.2) is 0 Å². The first kappa shape index (κ1) is 8.55. The van der Waals surface area contributed by atoms with Crippen molar-refractivity contribution in [2.45, 2.75) is 32.1 Å². The fourth-order valence-corrected chi connectivity index (χ4v) is 1.99. The topological polar surface area (TPSA) is 0 Å². The molecule has 13 heavy (non-hydrogen) atoms. The summed E-state index contributed by atoms with van der Waals surface area (Å²) in [5, 5.41) is 0. The number of hydrogen-bond acceptors (Lipinski definition) is 0. The van der Waals surface area contributed by atoms with Crippen LogP contribution in [0, 0.1) is 0 Å².